The fourth-order valence-electron chi connectivity index (χ4n) is 3.40. The van der Waals surface area contributed by atoms with Crippen LogP contribution in [-0.4, -0.2) is 22.6 Å². The van der Waals surface area contributed by atoms with Crippen LogP contribution in [0, 0.1) is 12.8 Å². The van der Waals surface area contributed by atoms with Gasteiger partial charge in [-0.1, -0.05) is 6.42 Å². The summed E-state index contributed by atoms with van der Waals surface area (Å²) in [6, 6.07) is 2.79. The van der Waals surface area contributed by atoms with Crippen LogP contribution in [0.2, 0.25) is 0 Å². The molecule has 1 saturated heterocycles. The van der Waals surface area contributed by atoms with Crippen molar-refractivity contribution in [1.29, 1.82) is 0 Å². The van der Waals surface area contributed by atoms with Crippen LogP contribution in [0.1, 0.15) is 37.9 Å². The molecule has 17 heavy (non-hydrogen) atoms. The van der Waals surface area contributed by atoms with Gasteiger partial charge in [0.1, 0.15) is 16.2 Å². The summed E-state index contributed by atoms with van der Waals surface area (Å²) in [4.78, 5) is 11.4. The number of anilines is 1. The Morgan fingerprint density at radius 3 is 2.88 bits per heavy atom. The molecule has 0 spiro atoms. The Bertz CT molecular complexity index is 401. The molecule has 2 atom stereocenters. The maximum Gasteiger partial charge on any atom is 0.133 e. The zero-order valence-electron chi connectivity index (χ0n) is 10.2. The first-order valence-corrected chi connectivity index (χ1v) is 7.31. The van der Waals surface area contributed by atoms with E-state index in [1.165, 1.54) is 32.1 Å². The van der Waals surface area contributed by atoms with Gasteiger partial charge < -0.3 is 4.90 Å². The fraction of sp³-hybridized carbons (Fsp3) is 0.692. The van der Waals surface area contributed by atoms with Crippen molar-refractivity contribution in [3.05, 3.63) is 16.5 Å². The molecule has 0 amide bonds. The third-order valence-electron chi connectivity index (χ3n) is 4.08. The Labute approximate surface area is 111 Å². The molecule has 0 aromatic carbocycles. The van der Waals surface area contributed by atoms with Crippen molar-refractivity contribution in [2.45, 2.75) is 45.1 Å². The van der Waals surface area contributed by atoms with Crippen molar-refractivity contribution >= 4 is 21.7 Å². The van der Waals surface area contributed by atoms with Crippen molar-refractivity contribution in [3.63, 3.8) is 0 Å². The number of aryl methyl sites for hydroxylation is 1. The molecule has 2 aliphatic rings. The van der Waals surface area contributed by atoms with Crippen LogP contribution >= 0.6 is 15.9 Å². The summed E-state index contributed by atoms with van der Waals surface area (Å²) in [6.07, 6.45) is 6.85. The van der Waals surface area contributed by atoms with Crippen LogP contribution in [0.5, 0.6) is 0 Å². The minimum absolute atomic E-state index is 0.727. The molecule has 0 radical (unpaired) electrons. The van der Waals surface area contributed by atoms with E-state index in [9.17, 15) is 0 Å². The van der Waals surface area contributed by atoms with Crippen molar-refractivity contribution in [1.82, 2.24) is 9.97 Å². The molecule has 0 bridgehead atoms. The monoisotopic (exact) mass is 295 g/mol. The highest BCUT2D eigenvalue weighted by Gasteiger charge is 2.35. The van der Waals surface area contributed by atoms with Crippen molar-refractivity contribution < 1.29 is 0 Å². The van der Waals surface area contributed by atoms with Crippen molar-refractivity contribution in [2.24, 2.45) is 5.92 Å². The molecular weight excluding hydrogens is 278 g/mol. The lowest BCUT2D eigenvalue weighted by molar-refractivity contribution is 0.360. The van der Waals surface area contributed by atoms with Gasteiger partial charge in [-0.05, 0) is 54.5 Å². The van der Waals surface area contributed by atoms with E-state index in [4.69, 9.17) is 0 Å². The quantitative estimate of drug-likeness (QED) is 0.744. The molecule has 3 nitrogen and oxygen atoms in total. The standard InChI is InChI=1S/C13H18BrN3/c1-9-15-12(14)8-13(16-9)17-7-3-5-10-4-2-6-11(10)17/h8,10-11H,2-7H2,1H3. The molecule has 1 saturated carbocycles. The number of hydrogen-bond donors (Lipinski definition) is 0. The molecule has 4 heteroatoms. The zero-order chi connectivity index (χ0) is 11.8. The lowest BCUT2D eigenvalue weighted by atomic mass is 9.92. The van der Waals surface area contributed by atoms with Gasteiger partial charge in [-0.3, -0.25) is 0 Å². The van der Waals surface area contributed by atoms with Crippen LogP contribution in [0.3, 0.4) is 0 Å². The summed E-state index contributed by atoms with van der Waals surface area (Å²) in [5.41, 5.74) is 0. The van der Waals surface area contributed by atoms with Crippen LogP contribution in [-0.2, 0) is 0 Å². The number of nitrogens with zero attached hydrogens (tertiary/aromatic N) is 3. The van der Waals surface area contributed by atoms with Crippen molar-refractivity contribution in [2.75, 3.05) is 11.4 Å². The average Bonchev–Trinajstić information content (AvgIpc) is 2.75. The van der Waals surface area contributed by atoms with Gasteiger partial charge in [0, 0.05) is 18.7 Å². The van der Waals surface area contributed by atoms with E-state index in [2.05, 4.69) is 36.9 Å². The van der Waals surface area contributed by atoms with E-state index in [-0.39, 0.29) is 0 Å². The number of halogens is 1. The lowest BCUT2D eigenvalue weighted by Crippen LogP contribution is -2.43. The first kappa shape index (κ1) is 11.5. The number of fused-ring (bicyclic) bond motifs is 1. The predicted octanol–water partition coefficient (Wildman–Crippen LogP) is 3.32. The second kappa shape index (κ2) is 4.56. The number of hydrogen-bond acceptors (Lipinski definition) is 3. The Morgan fingerprint density at radius 1 is 1.24 bits per heavy atom. The van der Waals surface area contributed by atoms with Crippen LogP contribution in [0.15, 0.2) is 10.7 Å². The summed E-state index contributed by atoms with van der Waals surface area (Å²) < 4.78 is 0.903. The van der Waals surface area contributed by atoms with E-state index in [0.29, 0.717) is 0 Å². The fourth-order valence-corrected chi connectivity index (χ4v) is 3.86. The maximum absolute atomic E-state index is 4.60. The summed E-state index contributed by atoms with van der Waals surface area (Å²) in [5, 5.41) is 0. The Balaban J connectivity index is 1.91. The zero-order valence-corrected chi connectivity index (χ0v) is 11.8. The summed E-state index contributed by atoms with van der Waals surface area (Å²) >= 11 is 3.47. The molecule has 2 fully saturated rings. The molecule has 1 aromatic heterocycles. The highest BCUT2D eigenvalue weighted by Crippen LogP contribution is 2.38. The summed E-state index contributed by atoms with van der Waals surface area (Å²) in [6.45, 7) is 3.12. The maximum atomic E-state index is 4.60. The van der Waals surface area contributed by atoms with E-state index >= 15 is 0 Å². The topological polar surface area (TPSA) is 29.0 Å². The van der Waals surface area contributed by atoms with E-state index in [1.807, 2.05) is 6.92 Å². The Morgan fingerprint density at radius 2 is 2.06 bits per heavy atom. The number of rotatable bonds is 1. The molecule has 1 aromatic rings. The molecule has 2 heterocycles. The minimum Gasteiger partial charge on any atom is -0.353 e. The van der Waals surface area contributed by atoms with E-state index in [1.54, 1.807) is 0 Å². The Hall–Kier alpha value is -0.640. The second-order valence-electron chi connectivity index (χ2n) is 5.19. The van der Waals surface area contributed by atoms with Gasteiger partial charge in [-0.2, -0.15) is 0 Å². The highest BCUT2D eigenvalue weighted by molar-refractivity contribution is 9.10. The second-order valence-corrected chi connectivity index (χ2v) is 6.00. The average molecular weight is 296 g/mol. The predicted molar refractivity (Wildman–Crippen MR) is 72.2 cm³/mol. The van der Waals surface area contributed by atoms with Crippen LogP contribution < -0.4 is 4.90 Å². The summed E-state index contributed by atoms with van der Waals surface area (Å²) in [7, 11) is 0. The Kier molecular flexibility index (Phi) is 3.07. The lowest BCUT2D eigenvalue weighted by Gasteiger charge is -2.38. The first-order chi connectivity index (χ1) is 8.24. The third kappa shape index (κ3) is 2.19. The summed E-state index contributed by atoms with van der Waals surface area (Å²) in [5.74, 6) is 2.87. The third-order valence-corrected chi connectivity index (χ3v) is 4.49. The molecular formula is C13H18BrN3. The van der Waals surface area contributed by atoms with Crippen molar-refractivity contribution in [3.8, 4) is 0 Å². The number of piperidine rings is 1. The normalized spacial score (nSPS) is 28.2. The van der Waals surface area contributed by atoms with E-state index < -0.39 is 0 Å². The van der Waals surface area contributed by atoms with Crippen LogP contribution in [0.4, 0.5) is 5.82 Å². The highest BCUT2D eigenvalue weighted by atomic mass is 79.9. The first-order valence-electron chi connectivity index (χ1n) is 6.52. The van der Waals surface area contributed by atoms with Gasteiger partial charge in [-0.15, -0.1) is 0 Å². The van der Waals surface area contributed by atoms with Gasteiger partial charge in [0.15, 0.2) is 0 Å². The van der Waals surface area contributed by atoms with E-state index in [0.717, 1.165) is 34.7 Å². The number of aromatic nitrogens is 2. The van der Waals surface area contributed by atoms with Gasteiger partial charge in [0.25, 0.3) is 0 Å². The molecule has 1 aliphatic carbocycles. The molecule has 2 unspecified atom stereocenters. The van der Waals surface area contributed by atoms with Gasteiger partial charge in [0.2, 0.25) is 0 Å². The largest absolute Gasteiger partial charge is 0.353 e. The van der Waals surface area contributed by atoms with Gasteiger partial charge >= 0.3 is 0 Å². The van der Waals surface area contributed by atoms with Gasteiger partial charge in [0.05, 0.1) is 0 Å². The van der Waals surface area contributed by atoms with Crippen LogP contribution in [0.25, 0.3) is 0 Å². The molecule has 0 N–H and O–H groups in total. The molecule has 3 rings (SSSR count). The van der Waals surface area contributed by atoms with Gasteiger partial charge in [-0.25, -0.2) is 9.97 Å². The minimum atomic E-state index is 0.727. The SMILES string of the molecule is Cc1nc(Br)cc(N2CCCC3CCCC32)n1. The smallest absolute Gasteiger partial charge is 0.133 e. The molecule has 1 aliphatic heterocycles. The molecule has 92 valence electrons.